The van der Waals surface area contributed by atoms with Gasteiger partial charge in [-0.15, -0.1) is 0 Å². The van der Waals surface area contributed by atoms with Crippen LogP contribution in [0.25, 0.3) is 0 Å². The molecule has 228 valence electrons. The molecule has 0 amide bonds. The standard InChI is InChI=1S/C28H37ClO12/c1-15(30)36-14-24-25(37-16(2)31)26(38-17(3)32)27(39-18(4)33)28(35-6,41-24)19-7-12-22(29)23(13-19)40-21-10-8-20(34-5)9-11-21/h7,12-13,20-21,24-27H,8-11,14H2,1-6H3/t20?,21?,24-,25-,26+,27-,28+/m1/s1. The van der Waals surface area contributed by atoms with Crippen molar-refractivity contribution in [2.45, 2.75) is 95.8 Å². The third-order valence-corrected chi connectivity index (χ3v) is 7.23. The lowest BCUT2D eigenvalue weighted by Gasteiger charge is -2.50. The topological polar surface area (TPSA) is 142 Å². The fourth-order valence-corrected chi connectivity index (χ4v) is 5.32. The minimum Gasteiger partial charge on any atom is -0.489 e. The second-order valence-electron chi connectivity index (χ2n) is 9.91. The molecule has 3 rings (SSSR count). The maximum atomic E-state index is 12.3. The Balaban J connectivity index is 2.10. The van der Waals surface area contributed by atoms with Gasteiger partial charge in [0.1, 0.15) is 18.5 Å². The zero-order valence-corrected chi connectivity index (χ0v) is 24.8. The molecule has 1 aromatic rings. The molecule has 0 spiro atoms. The Morgan fingerprint density at radius 2 is 1.44 bits per heavy atom. The first kappa shape index (κ1) is 32.6. The lowest BCUT2D eigenvalue weighted by atomic mass is 9.87. The van der Waals surface area contributed by atoms with Crippen LogP contribution in [0.2, 0.25) is 5.02 Å². The minimum absolute atomic E-state index is 0.122. The number of esters is 4. The number of hydrogen-bond acceptors (Lipinski definition) is 12. The van der Waals surface area contributed by atoms with Gasteiger partial charge in [-0.2, -0.15) is 0 Å². The van der Waals surface area contributed by atoms with Crippen LogP contribution in [0.4, 0.5) is 0 Å². The van der Waals surface area contributed by atoms with Gasteiger partial charge >= 0.3 is 23.9 Å². The Morgan fingerprint density at radius 1 is 0.854 bits per heavy atom. The summed E-state index contributed by atoms with van der Waals surface area (Å²) in [6, 6.07) is 4.74. The van der Waals surface area contributed by atoms with Crippen LogP contribution in [0.1, 0.15) is 58.9 Å². The van der Waals surface area contributed by atoms with E-state index in [-0.39, 0.29) is 12.2 Å². The monoisotopic (exact) mass is 600 g/mol. The number of carbonyl (C=O) groups is 4. The summed E-state index contributed by atoms with van der Waals surface area (Å²) in [5, 5.41) is 0.319. The quantitative estimate of drug-likeness (QED) is 0.287. The number of carbonyl (C=O) groups excluding carboxylic acids is 4. The molecule has 1 saturated heterocycles. The van der Waals surface area contributed by atoms with Crippen molar-refractivity contribution in [2.75, 3.05) is 20.8 Å². The van der Waals surface area contributed by atoms with Gasteiger partial charge in [0.15, 0.2) is 12.2 Å². The van der Waals surface area contributed by atoms with Gasteiger partial charge in [0.25, 0.3) is 0 Å². The summed E-state index contributed by atoms with van der Waals surface area (Å²) in [5.74, 6) is -4.49. The van der Waals surface area contributed by atoms with Crippen LogP contribution in [0.3, 0.4) is 0 Å². The zero-order valence-electron chi connectivity index (χ0n) is 24.0. The fraction of sp³-hybridized carbons (Fsp3) is 0.643. The van der Waals surface area contributed by atoms with E-state index in [0.29, 0.717) is 16.3 Å². The molecule has 1 aliphatic heterocycles. The van der Waals surface area contributed by atoms with Crippen LogP contribution >= 0.6 is 11.6 Å². The molecule has 5 atom stereocenters. The van der Waals surface area contributed by atoms with E-state index in [0.717, 1.165) is 46.5 Å². The number of hydrogen-bond donors (Lipinski definition) is 0. The average molecular weight is 601 g/mol. The fourth-order valence-electron chi connectivity index (χ4n) is 5.16. The van der Waals surface area contributed by atoms with E-state index in [1.165, 1.54) is 14.0 Å². The molecule has 41 heavy (non-hydrogen) atoms. The summed E-state index contributed by atoms with van der Waals surface area (Å²) in [4.78, 5) is 48.3. The predicted molar refractivity (Wildman–Crippen MR) is 142 cm³/mol. The number of ether oxygens (including phenoxy) is 8. The minimum atomic E-state index is -1.94. The highest BCUT2D eigenvalue weighted by Crippen LogP contribution is 2.45. The molecular weight excluding hydrogens is 564 g/mol. The normalized spacial score (nSPS) is 29.6. The van der Waals surface area contributed by atoms with E-state index >= 15 is 0 Å². The van der Waals surface area contributed by atoms with Gasteiger partial charge in [-0.25, -0.2) is 0 Å². The molecule has 1 aromatic carbocycles. The van der Waals surface area contributed by atoms with Gasteiger partial charge in [0, 0.05) is 47.5 Å². The van der Waals surface area contributed by atoms with Crippen LogP contribution in [0.5, 0.6) is 5.75 Å². The Morgan fingerprint density at radius 3 is 1.98 bits per heavy atom. The third-order valence-electron chi connectivity index (χ3n) is 6.92. The molecular formula is C28H37ClO12. The van der Waals surface area contributed by atoms with Crippen molar-refractivity contribution in [3.63, 3.8) is 0 Å². The Kier molecular flexibility index (Phi) is 11.4. The zero-order chi connectivity index (χ0) is 30.3. The largest absolute Gasteiger partial charge is 0.489 e. The SMILES string of the molecule is COC1CCC(Oc2cc([C@]3(OC)O[C@H](COC(C)=O)[C@@H](OC(C)=O)[C@H](OC(C)=O)[C@H]3OC(C)=O)ccc2Cl)CC1. The molecule has 1 aliphatic carbocycles. The predicted octanol–water partition coefficient (Wildman–Crippen LogP) is 3.23. The molecule has 2 fully saturated rings. The summed E-state index contributed by atoms with van der Waals surface area (Å²) in [6.07, 6.45) is -2.21. The van der Waals surface area contributed by atoms with Crippen molar-refractivity contribution in [3.8, 4) is 5.75 Å². The molecule has 1 heterocycles. The summed E-state index contributed by atoms with van der Waals surface area (Å²) >= 11 is 6.51. The van der Waals surface area contributed by atoms with E-state index in [4.69, 9.17) is 49.5 Å². The van der Waals surface area contributed by atoms with E-state index in [1.807, 2.05) is 0 Å². The van der Waals surface area contributed by atoms with Gasteiger partial charge in [0.2, 0.25) is 11.9 Å². The van der Waals surface area contributed by atoms with Gasteiger partial charge in [-0.3, -0.25) is 19.2 Å². The number of rotatable bonds is 10. The van der Waals surface area contributed by atoms with Crippen molar-refractivity contribution < 1.29 is 57.1 Å². The smallest absolute Gasteiger partial charge is 0.303 e. The van der Waals surface area contributed by atoms with Crippen LogP contribution in [-0.4, -0.2) is 81.3 Å². The summed E-state index contributed by atoms with van der Waals surface area (Å²) < 4.78 is 45.8. The average Bonchev–Trinajstić information content (AvgIpc) is 2.91. The van der Waals surface area contributed by atoms with E-state index < -0.39 is 60.7 Å². The van der Waals surface area contributed by atoms with Crippen molar-refractivity contribution >= 4 is 35.5 Å². The number of halogens is 1. The van der Waals surface area contributed by atoms with Crippen molar-refractivity contribution in [1.82, 2.24) is 0 Å². The lowest BCUT2D eigenvalue weighted by Crippen LogP contribution is -2.67. The highest BCUT2D eigenvalue weighted by Gasteiger charge is 2.61. The Bertz CT molecular complexity index is 1100. The summed E-state index contributed by atoms with van der Waals surface area (Å²) in [5.41, 5.74) is 0.294. The van der Waals surface area contributed by atoms with Gasteiger partial charge in [-0.1, -0.05) is 17.7 Å². The van der Waals surface area contributed by atoms with Gasteiger partial charge in [-0.05, 0) is 37.8 Å². The maximum Gasteiger partial charge on any atom is 0.303 e. The molecule has 2 aliphatic rings. The van der Waals surface area contributed by atoms with Crippen LogP contribution in [0.15, 0.2) is 18.2 Å². The van der Waals surface area contributed by atoms with Gasteiger partial charge < -0.3 is 37.9 Å². The van der Waals surface area contributed by atoms with Gasteiger partial charge in [0.05, 0.1) is 17.2 Å². The summed E-state index contributed by atoms with van der Waals surface area (Å²) in [6.45, 7) is 4.25. The first-order chi connectivity index (χ1) is 19.4. The van der Waals surface area contributed by atoms with Crippen molar-refractivity contribution in [1.29, 1.82) is 0 Å². The lowest BCUT2D eigenvalue weighted by molar-refractivity contribution is -0.367. The second-order valence-corrected chi connectivity index (χ2v) is 10.3. The van der Waals surface area contributed by atoms with E-state index in [2.05, 4.69) is 0 Å². The number of methoxy groups -OCH3 is 2. The molecule has 0 N–H and O–H groups in total. The number of benzene rings is 1. The first-order valence-corrected chi connectivity index (χ1v) is 13.6. The summed E-state index contributed by atoms with van der Waals surface area (Å²) in [7, 11) is 2.99. The highest BCUT2D eigenvalue weighted by molar-refractivity contribution is 6.32. The highest BCUT2D eigenvalue weighted by atomic mass is 35.5. The van der Waals surface area contributed by atoms with E-state index in [1.54, 1.807) is 25.3 Å². The van der Waals surface area contributed by atoms with Crippen molar-refractivity contribution in [3.05, 3.63) is 28.8 Å². The molecule has 1 saturated carbocycles. The first-order valence-electron chi connectivity index (χ1n) is 13.3. The molecule has 0 unspecified atom stereocenters. The molecule has 0 bridgehead atoms. The third kappa shape index (κ3) is 8.09. The molecule has 0 radical (unpaired) electrons. The van der Waals surface area contributed by atoms with Crippen LogP contribution in [0, 0.1) is 0 Å². The second kappa shape index (κ2) is 14.3. The Labute approximate surface area is 243 Å². The van der Waals surface area contributed by atoms with Crippen LogP contribution in [-0.2, 0) is 58.1 Å². The maximum absolute atomic E-state index is 12.3. The van der Waals surface area contributed by atoms with Crippen LogP contribution < -0.4 is 4.74 Å². The molecule has 0 aromatic heterocycles. The van der Waals surface area contributed by atoms with E-state index in [9.17, 15) is 19.2 Å². The molecule has 13 heteroatoms. The Hall–Kier alpha value is -2.93. The van der Waals surface area contributed by atoms with Crippen molar-refractivity contribution in [2.24, 2.45) is 0 Å². The molecule has 12 nitrogen and oxygen atoms in total.